The molecule has 1 atom stereocenters. The summed E-state index contributed by atoms with van der Waals surface area (Å²) in [4.78, 5) is 8.40. The Labute approximate surface area is 151 Å². The second-order valence-electron chi connectivity index (χ2n) is 6.11. The fourth-order valence-corrected chi connectivity index (χ4v) is 2.95. The first-order valence-corrected chi connectivity index (χ1v) is 8.51. The smallest absolute Gasteiger partial charge is 0.140 e. The van der Waals surface area contributed by atoms with E-state index in [1.165, 1.54) is 5.39 Å². The van der Waals surface area contributed by atoms with Gasteiger partial charge in [0, 0.05) is 30.4 Å². The van der Waals surface area contributed by atoms with E-state index < -0.39 is 6.10 Å². The lowest BCUT2D eigenvalue weighted by Crippen LogP contribution is -2.23. The molecular weight excluding hydrogens is 326 g/mol. The number of hydrogen-bond acceptors (Lipinski definition) is 4. The third-order valence-electron chi connectivity index (χ3n) is 4.22. The summed E-state index contributed by atoms with van der Waals surface area (Å²) >= 11 is 0. The van der Waals surface area contributed by atoms with Crippen LogP contribution in [0.25, 0.3) is 22.2 Å². The van der Waals surface area contributed by atoms with Crippen LogP contribution < -0.4 is 4.74 Å². The second-order valence-corrected chi connectivity index (χ2v) is 6.11. The molecule has 0 aliphatic rings. The minimum Gasteiger partial charge on any atom is -0.491 e. The highest BCUT2D eigenvalue weighted by Gasteiger charge is 2.11. The molecule has 2 aromatic heterocycles. The molecule has 0 bridgehead atoms. The third-order valence-corrected chi connectivity index (χ3v) is 4.22. The summed E-state index contributed by atoms with van der Waals surface area (Å²) in [6.45, 7) is 0.623. The molecule has 1 unspecified atom stereocenters. The van der Waals surface area contributed by atoms with Gasteiger partial charge in [0.1, 0.15) is 24.3 Å². The molecule has 2 aromatic carbocycles. The molecule has 0 fully saturated rings. The lowest BCUT2D eigenvalue weighted by atomic mass is 10.1. The maximum atomic E-state index is 10.4. The van der Waals surface area contributed by atoms with Crippen molar-refractivity contribution in [2.24, 2.45) is 0 Å². The summed E-state index contributed by atoms with van der Waals surface area (Å²) in [6, 6.07) is 17.9. The van der Waals surface area contributed by atoms with Crippen molar-refractivity contribution < 1.29 is 9.84 Å². The van der Waals surface area contributed by atoms with E-state index in [-0.39, 0.29) is 6.61 Å². The minimum atomic E-state index is -0.642. The first kappa shape index (κ1) is 16.3. The maximum absolute atomic E-state index is 10.4. The Morgan fingerprint density at radius 1 is 0.962 bits per heavy atom. The van der Waals surface area contributed by atoms with Crippen molar-refractivity contribution in [3.8, 4) is 17.1 Å². The van der Waals surface area contributed by atoms with Gasteiger partial charge in [0.2, 0.25) is 0 Å². The number of aliphatic hydroxyl groups excluding tert-OH is 1. The average molecular weight is 345 g/mol. The Kier molecular flexibility index (Phi) is 4.62. The number of ether oxygens (including phenoxy) is 1. The molecule has 5 heteroatoms. The summed E-state index contributed by atoms with van der Waals surface area (Å²) in [7, 11) is 0. The standard InChI is InChI=1S/C21H19N3O2/c25-19(14-24-12-11-23-21(24)17-7-9-22-10-8-17)15-26-20-6-5-16-3-1-2-4-18(16)13-20/h1-13,19,25H,14-15H2. The molecule has 26 heavy (non-hydrogen) atoms. The fraction of sp³-hybridized carbons (Fsp3) is 0.143. The number of fused-ring (bicyclic) bond motifs is 1. The van der Waals surface area contributed by atoms with Gasteiger partial charge in [-0.1, -0.05) is 30.3 Å². The number of nitrogens with zero attached hydrogens (tertiary/aromatic N) is 3. The molecule has 0 saturated carbocycles. The lowest BCUT2D eigenvalue weighted by molar-refractivity contribution is 0.0929. The van der Waals surface area contributed by atoms with Gasteiger partial charge in [0.15, 0.2) is 0 Å². The lowest BCUT2D eigenvalue weighted by Gasteiger charge is -2.15. The zero-order chi connectivity index (χ0) is 17.8. The van der Waals surface area contributed by atoms with Crippen LogP contribution in [0.2, 0.25) is 0 Å². The Balaban J connectivity index is 1.41. The van der Waals surface area contributed by atoms with Gasteiger partial charge in [0.25, 0.3) is 0 Å². The van der Waals surface area contributed by atoms with Crippen molar-refractivity contribution in [1.29, 1.82) is 0 Å². The minimum absolute atomic E-state index is 0.215. The summed E-state index contributed by atoms with van der Waals surface area (Å²) in [5.74, 6) is 1.56. The van der Waals surface area contributed by atoms with E-state index in [0.717, 1.165) is 22.5 Å². The molecule has 2 heterocycles. The summed E-state index contributed by atoms with van der Waals surface area (Å²) < 4.78 is 7.70. The van der Waals surface area contributed by atoms with Crippen LogP contribution in [0.1, 0.15) is 0 Å². The zero-order valence-corrected chi connectivity index (χ0v) is 14.2. The van der Waals surface area contributed by atoms with Crippen LogP contribution in [0.15, 0.2) is 79.4 Å². The molecule has 4 aromatic rings. The monoisotopic (exact) mass is 345 g/mol. The van der Waals surface area contributed by atoms with Crippen molar-refractivity contribution in [2.45, 2.75) is 12.6 Å². The topological polar surface area (TPSA) is 60.2 Å². The number of aliphatic hydroxyl groups is 1. The van der Waals surface area contributed by atoms with Crippen molar-refractivity contribution in [1.82, 2.24) is 14.5 Å². The van der Waals surface area contributed by atoms with Crippen LogP contribution in [0.3, 0.4) is 0 Å². The molecule has 0 aliphatic carbocycles. The van der Waals surface area contributed by atoms with Crippen molar-refractivity contribution in [3.63, 3.8) is 0 Å². The summed E-state index contributed by atoms with van der Waals surface area (Å²) in [5.41, 5.74) is 0.965. The van der Waals surface area contributed by atoms with E-state index >= 15 is 0 Å². The van der Waals surface area contributed by atoms with Gasteiger partial charge in [-0.15, -0.1) is 0 Å². The van der Waals surface area contributed by atoms with Crippen LogP contribution in [0.5, 0.6) is 5.75 Å². The highest BCUT2D eigenvalue weighted by molar-refractivity contribution is 5.83. The fourth-order valence-electron chi connectivity index (χ4n) is 2.95. The van der Waals surface area contributed by atoms with E-state index in [1.54, 1.807) is 18.6 Å². The SMILES string of the molecule is OC(COc1ccc2ccccc2c1)Cn1ccnc1-c1ccncc1. The van der Waals surface area contributed by atoms with E-state index in [2.05, 4.69) is 16.0 Å². The number of imidazole rings is 1. The molecule has 4 rings (SSSR count). The summed E-state index contributed by atoms with van der Waals surface area (Å²) in [6.07, 6.45) is 6.40. The predicted molar refractivity (Wildman–Crippen MR) is 101 cm³/mol. The first-order valence-electron chi connectivity index (χ1n) is 8.51. The van der Waals surface area contributed by atoms with Crippen LogP contribution in [-0.4, -0.2) is 32.4 Å². The zero-order valence-electron chi connectivity index (χ0n) is 14.2. The number of aromatic nitrogens is 3. The van der Waals surface area contributed by atoms with E-state index in [0.29, 0.717) is 6.54 Å². The predicted octanol–water partition coefficient (Wildman–Crippen LogP) is 3.54. The van der Waals surface area contributed by atoms with Gasteiger partial charge in [-0.05, 0) is 35.0 Å². The van der Waals surface area contributed by atoms with Gasteiger partial charge in [-0.3, -0.25) is 4.98 Å². The van der Waals surface area contributed by atoms with Gasteiger partial charge >= 0.3 is 0 Å². The quantitative estimate of drug-likeness (QED) is 0.581. The molecule has 0 radical (unpaired) electrons. The number of pyridine rings is 1. The van der Waals surface area contributed by atoms with E-state index in [1.807, 2.05) is 59.3 Å². The maximum Gasteiger partial charge on any atom is 0.140 e. The molecule has 0 spiro atoms. The van der Waals surface area contributed by atoms with Crippen LogP contribution >= 0.6 is 0 Å². The highest BCUT2D eigenvalue weighted by Crippen LogP contribution is 2.21. The van der Waals surface area contributed by atoms with E-state index in [4.69, 9.17) is 4.74 Å². The Bertz CT molecular complexity index is 998. The molecule has 5 nitrogen and oxygen atoms in total. The van der Waals surface area contributed by atoms with Crippen LogP contribution in [-0.2, 0) is 6.54 Å². The van der Waals surface area contributed by atoms with Gasteiger partial charge in [-0.2, -0.15) is 0 Å². The highest BCUT2D eigenvalue weighted by atomic mass is 16.5. The third kappa shape index (κ3) is 3.58. The number of hydrogen-bond donors (Lipinski definition) is 1. The summed E-state index contributed by atoms with van der Waals surface area (Å²) in [5, 5.41) is 12.7. The van der Waals surface area contributed by atoms with E-state index in [9.17, 15) is 5.11 Å². The normalized spacial score (nSPS) is 12.2. The number of benzene rings is 2. The molecule has 130 valence electrons. The van der Waals surface area contributed by atoms with Crippen LogP contribution in [0, 0.1) is 0 Å². The van der Waals surface area contributed by atoms with Crippen molar-refractivity contribution in [3.05, 3.63) is 79.4 Å². The van der Waals surface area contributed by atoms with Crippen LogP contribution in [0.4, 0.5) is 0 Å². The largest absolute Gasteiger partial charge is 0.491 e. The molecule has 0 aliphatic heterocycles. The second kappa shape index (κ2) is 7.37. The Hall–Kier alpha value is -3.18. The van der Waals surface area contributed by atoms with Gasteiger partial charge in [0.05, 0.1) is 6.54 Å². The molecule has 1 N–H and O–H groups in total. The Morgan fingerprint density at radius 3 is 2.62 bits per heavy atom. The molecule has 0 amide bonds. The van der Waals surface area contributed by atoms with Gasteiger partial charge in [-0.25, -0.2) is 4.98 Å². The molecule has 0 saturated heterocycles. The molecular formula is C21H19N3O2. The number of rotatable bonds is 6. The van der Waals surface area contributed by atoms with Crippen molar-refractivity contribution in [2.75, 3.05) is 6.61 Å². The average Bonchev–Trinajstić information content (AvgIpc) is 3.15. The Morgan fingerprint density at radius 2 is 1.77 bits per heavy atom. The first-order chi connectivity index (χ1) is 12.8. The van der Waals surface area contributed by atoms with Crippen molar-refractivity contribution >= 4 is 10.8 Å². The van der Waals surface area contributed by atoms with Gasteiger partial charge < -0.3 is 14.4 Å².